The number of halogens is 3. The second-order valence-electron chi connectivity index (χ2n) is 4.00. The van der Waals surface area contributed by atoms with Crippen LogP contribution in [0.4, 0.5) is 13.2 Å². The molecule has 0 saturated carbocycles. The molecule has 1 atom stereocenters. The summed E-state index contributed by atoms with van der Waals surface area (Å²) in [6, 6.07) is 0. The van der Waals surface area contributed by atoms with Crippen LogP contribution in [0.2, 0.25) is 0 Å². The van der Waals surface area contributed by atoms with Gasteiger partial charge in [-0.3, -0.25) is 4.90 Å². The Bertz CT molecular complexity index is 164. The van der Waals surface area contributed by atoms with Gasteiger partial charge < -0.3 is 5.32 Å². The summed E-state index contributed by atoms with van der Waals surface area (Å²) in [5.41, 5.74) is 0. The van der Waals surface area contributed by atoms with Crippen molar-refractivity contribution < 1.29 is 13.2 Å². The van der Waals surface area contributed by atoms with E-state index in [0.29, 0.717) is 12.5 Å². The van der Waals surface area contributed by atoms with Crippen molar-refractivity contribution in [2.24, 2.45) is 5.92 Å². The SMILES string of the molecule is CN(CCC1CCNC1)CC(F)(F)F. The maximum Gasteiger partial charge on any atom is 0.401 e. The van der Waals surface area contributed by atoms with Crippen LogP contribution in [-0.2, 0) is 0 Å². The molecule has 0 radical (unpaired) electrons. The average molecular weight is 210 g/mol. The minimum atomic E-state index is -4.07. The average Bonchev–Trinajstić information content (AvgIpc) is 2.49. The lowest BCUT2D eigenvalue weighted by molar-refractivity contribution is -0.143. The van der Waals surface area contributed by atoms with Crippen LogP contribution in [-0.4, -0.2) is 44.3 Å². The monoisotopic (exact) mass is 210 g/mol. The summed E-state index contributed by atoms with van der Waals surface area (Å²) in [6.45, 7) is 1.70. The Morgan fingerprint density at radius 1 is 1.43 bits per heavy atom. The number of hydrogen-bond donors (Lipinski definition) is 1. The molecule has 84 valence electrons. The summed E-state index contributed by atoms with van der Waals surface area (Å²) in [5.74, 6) is 0.561. The number of hydrogen-bond acceptors (Lipinski definition) is 2. The van der Waals surface area contributed by atoms with E-state index in [1.807, 2.05) is 0 Å². The van der Waals surface area contributed by atoms with Gasteiger partial charge in [0, 0.05) is 0 Å². The van der Waals surface area contributed by atoms with E-state index in [-0.39, 0.29) is 0 Å². The van der Waals surface area contributed by atoms with Crippen molar-refractivity contribution in [3.8, 4) is 0 Å². The summed E-state index contributed by atoms with van der Waals surface area (Å²) < 4.78 is 35.9. The highest BCUT2D eigenvalue weighted by Gasteiger charge is 2.29. The molecule has 0 aliphatic carbocycles. The van der Waals surface area contributed by atoms with Gasteiger partial charge in [-0.1, -0.05) is 0 Å². The van der Waals surface area contributed by atoms with Crippen molar-refractivity contribution in [1.82, 2.24) is 10.2 Å². The molecule has 0 aromatic rings. The third-order valence-electron chi connectivity index (χ3n) is 2.53. The van der Waals surface area contributed by atoms with E-state index in [4.69, 9.17) is 0 Å². The lowest BCUT2D eigenvalue weighted by Gasteiger charge is -2.19. The molecule has 1 unspecified atom stereocenters. The zero-order valence-electron chi connectivity index (χ0n) is 8.40. The van der Waals surface area contributed by atoms with Gasteiger partial charge in [0.15, 0.2) is 0 Å². The van der Waals surface area contributed by atoms with Gasteiger partial charge in [-0.25, -0.2) is 0 Å². The van der Waals surface area contributed by atoms with Crippen LogP contribution in [0.1, 0.15) is 12.8 Å². The van der Waals surface area contributed by atoms with Crippen LogP contribution in [0.25, 0.3) is 0 Å². The van der Waals surface area contributed by atoms with Crippen molar-refractivity contribution in [1.29, 1.82) is 0 Å². The molecule has 0 aromatic carbocycles. The molecule has 0 aromatic heterocycles. The first kappa shape index (κ1) is 11.8. The molecule has 14 heavy (non-hydrogen) atoms. The highest BCUT2D eigenvalue weighted by molar-refractivity contribution is 4.72. The Morgan fingerprint density at radius 3 is 2.64 bits per heavy atom. The molecular weight excluding hydrogens is 193 g/mol. The van der Waals surface area contributed by atoms with Crippen LogP contribution >= 0.6 is 0 Å². The highest BCUT2D eigenvalue weighted by Crippen LogP contribution is 2.17. The Balaban J connectivity index is 2.11. The fourth-order valence-corrected chi connectivity index (χ4v) is 1.75. The lowest BCUT2D eigenvalue weighted by atomic mass is 10.1. The normalized spacial score (nSPS) is 23.4. The number of nitrogens with one attached hydrogen (secondary N) is 1. The molecule has 1 aliphatic heterocycles. The summed E-state index contributed by atoms with van der Waals surface area (Å²) in [6.07, 6.45) is -2.11. The second-order valence-corrected chi connectivity index (χ2v) is 4.00. The molecule has 1 aliphatic rings. The third kappa shape index (κ3) is 4.81. The first-order valence-corrected chi connectivity index (χ1v) is 4.93. The summed E-state index contributed by atoms with van der Waals surface area (Å²) in [4.78, 5) is 1.35. The summed E-state index contributed by atoms with van der Waals surface area (Å²) in [7, 11) is 1.52. The zero-order valence-corrected chi connectivity index (χ0v) is 8.40. The van der Waals surface area contributed by atoms with Gasteiger partial charge in [0.05, 0.1) is 6.54 Å². The van der Waals surface area contributed by atoms with E-state index in [0.717, 1.165) is 25.9 Å². The fraction of sp³-hybridized carbons (Fsp3) is 1.00. The quantitative estimate of drug-likeness (QED) is 0.756. The standard InChI is InChI=1S/C9H17F3N2/c1-14(7-9(10,11)12)5-3-8-2-4-13-6-8/h8,13H,2-7H2,1H3. The largest absolute Gasteiger partial charge is 0.401 e. The van der Waals surface area contributed by atoms with Crippen LogP contribution in [0.3, 0.4) is 0 Å². The van der Waals surface area contributed by atoms with Crippen LogP contribution in [0.5, 0.6) is 0 Å². The first-order valence-electron chi connectivity index (χ1n) is 4.93. The molecule has 0 bridgehead atoms. The van der Waals surface area contributed by atoms with Crippen molar-refractivity contribution in [2.45, 2.75) is 19.0 Å². The maximum atomic E-state index is 12.0. The summed E-state index contributed by atoms with van der Waals surface area (Å²) in [5, 5.41) is 3.20. The van der Waals surface area contributed by atoms with Gasteiger partial charge in [-0.15, -0.1) is 0 Å². The molecule has 0 spiro atoms. The number of alkyl halides is 3. The van der Waals surface area contributed by atoms with E-state index in [1.165, 1.54) is 11.9 Å². The smallest absolute Gasteiger partial charge is 0.316 e. The van der Waals surface area contributed by atoms with Crippen LogP contribution < -0.4 is 5.32 Å². The zero-order chi connectivity index (χ0) is 10.6. The van der Waals surface area contributed by atoms with E-state index in [2.05, 4.69) is 5.32 Å². The Labute approximate surface area is 82.5 Å². The second kappa shape index (κ2) is 4.98. The van der Waals surface area contributed by atoms with Gasteiger partial charge >= 0.3 is 6.18 Å². The Kier molecular flexibility index (Phi) is 4.19. The molecule has 1 fully saturated rings. The van der Waals surface area contributed by atoms with Crippen molar-refractivity contribution in [3.63, 3.8) is 0 Å². The van der Waals surface area contributed by atoms with Crippen molar-refractivity contribution in [3.05, 3.63) is 0 Å². The third-order valence-corrected chi connectivity index (χ3v) is 2.53. The molecule has 5 heteroatoms. The number of nitrogens with zero attached hydrogens (tertiary/aromatic N) is 1. The van der Waals surface area contributed by atoms with Gasteiger partial charge in [0.2, 0.25) is 0 Å². The molecule has 1 saturated heterocycles. The summed E-state index contributed by atoms with van der Waals surface area (Å²) >= 11 is 0. The molecule has 1 heterocycles. The molecular formula is C9H17F3N2. The topological polar surface area (TPSA) is 15.3 Å². The van der Waals surface area contributed by atoms with E-state index >= 15 is 0 Å². The predicted molar refractivity (Wildman–Crippen MR) is 49.1 cm³/mol. The van der Waals surface area contributed by atoms with E-state index in [1.54, 1.807) is 0 Å². The molecule has 1 N–H and O–H groups in total. The van der Waals surface area contributed by atoms with Gasteiger partial charge in [-0.05, 0) is 45.4 Å². The number of rotatable bonds is 4. The first-order chi connectivity index (χ1) is 6.47. The maximum absolute atomic E-state index is 12.0. The minimum Gasteiger partial charge on any atom is -0.316 e. The van der Waals surface area contributed by atoms with Gasteiger partial charge in [0.1, 0.15) is 0 Å². The van der Waals surface area contributed by atoms with Crippen molar-refractivity contribution in [2.75, 3.05) is 33.2 Å². The minimum absolute atomic E-state index is 0.534. The molecule has 1 rings (SSSR count). The molecule has 2 nitrogen and oxygen atoms in total. The fourth-order valence-electron chi connectivity index (χ4n) is 1.75. The van der Waals surface area contributed by atoms with Gasteiger partial charge in [-0.2, -0.15) is 13.2 Å². The highest BCUT2D eigenvalue weighted by atomic mass is 19.4. The lowest BCUT2D eigenvalue weighted by Crippen LogP contribution is -2.32. The molecule has 0 amide bonds. The van der Waals surface area contributed by atoms with Crippen LogP contribution in [0, 0.1) is 5.92 Å². The van der Waals surface area contributed by atoms with E-state index < -0.39 is 12.7 Å². The van der Waals surface area contributed by atoms with Crippen LogP contribution in [0.15, 0.2) is 0 Å². The van der Waals surface area contributed by atoms with Gasteiger partial charge in [0.25, 0.3) is 0 Å². The Morgan fingerprint density at radius 2 is 2.14 bits per heavy atom. The predicted octanol–water partition coefficient (Wildman–Crippen LogP) is 1.48. The Hall–Kier alpha value is -0.290. The van der Waals surface area contributed by atoms with Crippen molar-refractivity contribution >= 4 is 0 Å². The van der Waals surface area contributed by atoms with E-state index in [9.17, 15) is 13.2 Å².